The normalized spacial score (nSPS) is 57.3. The molecule has 9 heteroatoms. The summed E-state index contributed by atoms with van der Waals surface area (Å²) in [5.41, 5.74) is -1.57. The summed E-state index contributed by atoms with van der Waals surface area (Å²) in [6.07, 6.45) is 0. The van der Waals surface area contributed by atoms with Gasteiger partial charge in [-0.1, -0.05) is 69.6 Å². The molecule has 0 aromatic carbocycles. The highest BCUT2D eigenvalue weighted by molar-refractivity contribution is 6.66. The van der Waals surface area contributed by atoms with E-state index in [4.69, 9.17) is 97.5 Å². The molecule has 18 heavy (non-hydrogen) atoms. The van der Waals surface area contributed by atoms with E-state index in [9.17, 15) is 0 Å². The second-order valence-electron chi connectivity index (χ2n) is 4.52. The lowest BCUT2D eigenvalue weighted by atomic mass is 9.84. The van der Waals surface area contributed by atoms with Gasteiger partial charge < -0.3 is 4.74 Å². The van der Waals surface area contributed by atoms with Crippen LogP contribution in [-0.4, -0.2) is 25.2 Å². The van der Waals surface area contributed by atoms with Crippen LogP contribution in [0.25, 0.3) is 0 Å². The highest BCUT2D eigenvalue weighted by Crippen LogP contribution is 2.79. The maximum absolute atomic E-state index is 6.54. The van der Waals surface area contributed by atoms with Crippen LogP contribution >= 0.6 is 92.8 Å². The van der Waals surface area contributed by atoms with Crippen LogP contribution in [0.2, 0.25) is 0 Å². The van der Waals surface area contributed by atoms with Gasteiger partial charge in [-0.25, -0.2) is 0 Å². The van der Waals surface area contributed by atoms with Crippen LogP contribution in [0.4, 0.5) is 0 Å². The van der Waals surface area contributed by atoms with E-state index in [2.05, 4.69) is 0 Å². The van der Waals surface area contributed by atoms with Crippen molar-refractivity contribution in [1.29, 1.82) is 0 Å². The van der Waals surface area contributed by atoms with Crippen LogP contribution in [0, 0.1) is 11.8 Å². The molecule has 0 radical (unpaired) electrons. The molecule has 0 N–H and O–H groups in total. The Morgan fingerprint density at radius 1 is 0.778 bits per heavy atom. The third-order valence-electron chi connectivity index (χ3n) is 3.88. The lowest BCUT2D eigenvalue weighted by Crippen LogP contribution is -2.47. The van der Waals surface area contributed by atoms with Crippen molar-refractivity contribution < 1.29 is 4.74 Å². The molecule has 4 unspecified atom stereocenters. The van der Waals surface area contributed by atoms with Crippen LogP contribution in [0.15, 0.2) is 10.1 Å². The van der Waals surface area contributed by atoms with E-state index in [1.807, 2.05) is 0 Å². The molecule has 2 fully saturated rings. The van der Waals surface area contributed by atoms with Gasteiger partial charge in [0.25, 0.3) is 0 Å². The lowest BCUT2D eigenvalue weighted by molar-refractivity contribution is 0.112. The standard InChI is InChI=1S/C9H4Cl8O/c10-3-4(11)8(15)2-1(5(12)18-6(2)13)7(3,14)9(8,16)17/h1-2,5-6H/t1?,2?,5?,6?,7-,8+. The first-order valence-corrected chi connectivity index (χ1v) is 8.01. The fraction of sp³-hybridized carbons (Fsp3) is 0.778. The minimum Gasteiger partial charge on any atom is -0.343 e. The summed E-state index contributed by atoms with van der Waals surface area (Å²) in [6, 6.07) is 0. The fourth-order valence-electron chi connectivity index (χ4n) is 3.05. The zero-order chi connectivity index (χ0) is 13.7. The van der Waals surface area contributed by atoms with Crippen LogP contribution in [0.3, 0.4) is 0 Å². The van der Waals surface area contributed by atoms with Gasteiger partial charge >= 0.3 is 0 Å². The number of rotatable bonds is 0. The number of hydrogen-bond donors (Lipinski definition) is 0. The quantitative estimate of drug-likeness (QED) is 0.496. The number of allylic oxidation sites excluding steroid dienone is 2. The van der Waals surface area contributed by atoms with Crippen molar-refractivity contribution in [2.75, 3.05) is 0 Å². The van der Waals surface area contributed by atoms with E-state index >= 15 is 0 Å². The summed E-state index contributed by atoms with van der Waals surface area (Å²) in [6.45, 7) is 0. The summed E-state index contributed by atoms with van der Waals surface area (Å²) in [5.74, 6) is -1.04. The molecule has 3 rings (SSSR count). The van der Waals surface area contributed by atoms with Crippen molar-refractivity contribution in [3.63, 3.8) is 0 Å². The molecule has 3 aliphatic rings. The predicted molar refractivity (Wildman–Crippen MR) is 77.7 cm³/mol. The Hall–Kier alpha value is 2.02. The SMILES string of the molecule is ClC1=C(Cl)[C@]2(Cl)C3C(Cl)OC(Cl)C3[C@@]1(Cl)C2(Cl)Cl. The zero-order valence-electron chi connectivity index (χ0n) is 8.24. The average molecular weight is 412 g/mol. The highest BCUT2D eigenvalue weighted by atomic mass is 35.5. The Morgan fingerprint density at radius 2 is 1.11 bits per heavy atom. The monoisotopic (exact) mass is 408 g/mol. The summed E-state index contributed by atoms with van der Waals surface area (Å²) in [5, 5.41) is 0.208. The van der Waals surface area contributed by atoms with Crippen molar-refractivity contribution in [3.05, 3.63) is 10.1 Å². The molecule has 1 aliphatic heterocycles. The van der Waals surface area contributed by atoms with E-state index in [0.717, 1.165) is 0 Å². The Morgan fingerprint density at radius 3 is 1.44 bits per heavy atom. The Labute approximate surface area is 143 Å². The molecule has 2 bridgehead atoms. The van der Waals surface area contributed by atoms with E-state index in [1.165, 1.54) is 0 Å². The maximum atomic E-state index is 6.54. The maximum Gasteiger partial charge on any atom is 0.167 e. The van der Waals surface area contributed by atoms with Gasteiger partial charge in [-0.15, -0.1) is 23.2 Å². The van der Waals surface area contributed by atoms with E-state index in [0.29, 0.717) is 0 Å². The largest absolute Gasteiger partial charge is 0.343 e. The van der Waals surface area contributed by atoms with Crippen molar-refractivity contribution in [3.8, 4) is 0 Å². The predicted octanol–water partition coefficient (Wildman–Crippen LogP) is 5.22. The number of halogens is 8. The topological polar surface area (TPSA) is 9.23 Å². The van der Waals surface area contributed by atoms with E-state index in [-0.39, 0.29) is 10.1 Å². The second-order valence-corrected chi connectivity index (χ2v) is 8.65. The molecular formula is C9H4Cl8O. The molecule has 0 aromatic rings. The van der Waals surface area contributed by atoms with E-state index < -0.39 is 37.0 Å². The number of alkyl halides is 6. The molecule has 1 heterocycles. The first-order chi connectivity index (χ1) is 8.11. The molecule has 102 valence electrons. The van der Waals surface area contributed by atoms with Crippen LogP contribution < -0.4 is 0 Å². The zero-order valence-corrected chi connectivity index (χ0v) is 14.3. The third kappa shape index (κ3) is 1.27. The number of fused-ring (bicyclic) bond motifs is 5. The van der Waals surface area contributed by atoms with Gasteiger partial charge in [0, 0.05) is 11.8 Å². The van der Waals surface area contributed by atoms with E-state index in [1.54, 1.807) is 0 Å². The number of ether oxygens (including phenoxy) is 1. The van der Waals surface area contributed by atoms with Gasteiger partial charge in [-0.3, -0.25) is 0 Å². The van der Waals surface area contributed by atoms with Gasteiger partial charge in [0.15, 0.2) is 4.33 Å². The van der Waals surface area contributed by atoms with Crippen molar-refractivity contribution in [1.82, 2.24) is 0 Å². The molecular weight excluding hydrogens is 408 g/mol. The summed E-state index contributed by atoms with van der Waals surface area (Å²) in [4.78, 5) is -2.81. The average Bonchev–Trinajstić information content (AvgIpc) is 2.68. The Kier molecular flexibility index (Phi) is 3.37. The minimum absolute atomic E-state index is 0.104. The summed E-state index contributed by atoms with van der Waals surface area (Å²) in [7, 11) is 0. The fourth-order valence-corrected chi connectivity index (χ4v) is 7.18. The molecule has 0 spiro atoms. The Balaban J connectivity index is 2.30. The molecule has 0 amide bonds. The molecule has 6 atom stereocenters. The van der Waals surface area contributed by atoms with Crippen LogP contribution in [-0.2, 0) is 4.74 Å². The van der Waals surface area contributed by atoms with Crippen LogP contribution in [0.1, 0.15) is 0 Å². The lowest BCUT2D eigenvalue weighted by Gasteiger charge is -2.34. The third-order valence-corrected chi connectivity index (χ3v) is 8.92. The van der Waals surface area contributed by atoms with Crippen molar-refractivity contribution in [2.45, 2.75) is 25.2 Å². The summed E-state index contributed by atoms with van der Waals surface area (Å²) < 4.78 is 3.72. The smallest absolute Gasteiger partial charge is 0.167 e. The molecule has 1 nitrogen and oxygen atoms in total. The first kappa shape index (κ1) is 14.9. The molecule has 2 aliphatic carbocycles. The Bertz CT molecular complexity index is 425. The molecule has 1 saturated carbocycles. The van der Waals surface area contributed by atoms with Gasteiger partial charge in [-0.05, 0) is 0 Å². The minimum atomic E-state index is -1.61. The summed E-state index contributed by atoms with van der Waals surface area (Å²) >= 11 is 50.3. The van der Waals surface area contributed by atoms with Gasteiger partial charge in [0.05, 0.1) is 10.1 Å². The van der Waals surface area contributed by atoms with Gasteiger partial charge in [-0.2, -0.15) is 0 Å². The first-order valence-electron chi connectivity index (χ1n) is 4.87. The van der Waals surface area contributed by atoms with Crippen molar-refractivity contribution >= 4 is 92.8 Å². The van der Waals surface area contributed by atoms with Gasteiger partial charge in [0.2, 0.25) is 0 Å². The van der Waals surface area contributed by atoms with Crippen molar-refractivity contribution in [2.24, 2.45) is 11.8 Å². The van der Waals surface area contributed by atoms with Gasteiger partial charge in [0.1, 0.15) is 20.9 Å². The molecule has 0 aromatic heterocycles. The number of hydrogen-bond acceptors (Lipinski definition) is 1. The second kappa shape index (κ2) is 4.06. The highest BCUT2D eigenvalue weighted by Gasteiger charge is 2.86. The van der Waals surface area contributed by atoms with Crippen LogP contribution in [0.5, 0.6) is 0 Å². The molecule has 1 saturated heterocycles.